The fourth-order valence-electron chi connectivity index (χ4n) is 2.67. The van der Waals surface area contributed by atoms with Crippen LogP contribution in [0.1, 0.15) is 18.5 Å². The predicted molar refractivity (Wildman–Crippen MR) is 112 cm³/mol. The first-order valence-corrected chi connectivity index (χ1v) is 9.41. The van der Waals surface area contributed by atoms with Crippen LogP contribution in [0.3, 0.4) is 0 Å². The van der Waals surface area contributed by atoms with E-state index in [1.54, 1.807) is 61.5 Å². The Morgan fingerprint density at radius 2 is 1.82 bits per heavy atom. The third kappa shape index (κ3) is 6.71. The Labute approximate surface area is 174 Å². The van der Waals surface area contributed by atoms with Gasteiger partial charge in [-0.1, -0.05) is 35.3 Å². The maximum Gasteiger partial charge on any atom is 0.238 e. The molecule has 0 aliphatic rings. The average molecular weight is 424 g/mol. The van der Waals surface area contributed by atoms with Gasteiger partial charge in [-0.25, -0.2) is 0 Å². The van der Waals surface area contributed by atoms with E-state index in [2.05, 4.69) is 10.6 Å². The third-order valence-corrected chi connectivity index (χ3v) is 4.55. The second-order valence-electron chi connectivity index (χ2n) is 6.41. The number of halogens is 2. The lowest BCUT2D eigenvalue weighted by molar-refractivity contribution is -0.123. The summed E-state index contributed by atoms with van der Waals surface area (Å²) in [5, 5.41) is 6.68. The number of anilines is 1. The molecule has 0 saturated carbocycles. The van der Waals surface area contributed by atoms with Crippen LogP contribution in [0.15, 0.2) is 42.5 Å². The van der Waals surface area contributed by atoms with E-state index in [1.165, 1.54) is 0 Å². The van der Waals surface area contributed by atoms with Crippen LogP contribution < -0.4 is 15.4 Å². The zero-order chi connectivity index (χ0) is 20.7. The molecule has 0 radical (unpaired) electrons. The summed E-state index contributed by atoms with van der Waals surface area (Å²) in [4.78, 5) is 26.1. The van der Waals surface area contributed by atoms with Gasteiger partial charge in [0.2, 0.25) is 11.8 Å². The van der Waals surface area contributed by atoms with E-state index >= 15 is 0 Å². The molecule has 28 heavy (non-hydrogen) atoms. The van der Waals surface area contributed by atoms with Gasteiger partial charge in [-0.05, 0) is 43.8 Å². The number of carbonyl (C=O) groups excluding carboxylic acids is 2. The Kier molecular flexibility index (Phi) is 8.11. The van der Waals surface area contributed by atoms with E-state index in [-0.39, 0.29) is 30.9 Å². The van der Waals surface area contributed by atoms with Crippen LogP contribution in [0, 0.1) is 0 Å². The minimum absolute atomic E-state index is 0.0702. The van der Waals surface area contributed by atoms with Gasteiger partial charge in [0, 0.05) is 21.8 Å². The van der Waals surface area contributed by atoms with Crippen molar-refractivity contribution in [3.8, 4) is 5.75 Å². The van der Waals surface area contributed by atoms with E-state index in [0.29, 0.717) is 21.5 Å². The van der Waals surface area contributed by atoms with Crippen LogP contribution in [-0.2, 0) is 9.59 Å². The zero-order valence-corrected chi connectivity index (χ0v) is 17.5. The summed E-state index contributed by atoms with van der Waals surface area (Å²) in [6.07, 6.45) is 0. The van der Waals surface area contributed by atoms with Gasteiger partial charge in [0.1, 0.15) is 5.75 Å². The molecular weight excluding hydrogens is 401 g/mol. The molecular formula is C20H23Cl2N3O3. The number of likely N-dealkylation sites (N-methyl/N-ethyl adjacent to an activating group) is 1. The predicted octanol–water partition coefficient (Wildman–Crippen LogP) is 3.75. The van der Waals surface area contributed by atoms with Crippen molar-refractivity contribution in [2.24, 2.45) is 0 Å². The lowest BCUT2D eigenvalue weighted by Crippen LogP contribution is -2.39. The molecule has 6 nitrogen and oxygen atoms in total. The molecule has 2 N–H and O–H groups in total. The Balaban J connectivity index is 1.83. The molecule has 0 spiro atoms. The first-order chi connectivity index (χ1) is 13.3. The highest BCUT2D eigenvalue weighted by Gasteiger charge is 2.16. The normalized spacial score (nSPS) is 11.8. The van der Waals surface area contributed by atoms with Crippen molar-refractivity contribution in [2.45, 2.75) is 13.0 Å². The van der Waals surface area contributed by atoms with Crippen LogP contribution in [0.5, 0.6) is 5.75 Å². The molecule has 2 amide bonds. The second-order valence-corrected chi connectivity index (χ2v) is 7.25. The second kappa shape index (κ2) is 10.3. The fraction of sp³-hybridized carbons (Fsp3) is 0.300. The van der Waals surface area contributed by atoms with E-state index in [4.69, 9.17) is 27.9 Å². The number of ether oxygens (including phenoxy) is 1. The molecule has 0 aliphatic heterocycles. The monoisotopic (exact) mass is 423 g/mol. The Hall–Kier alpha value is -2.28. The summed E-state index contributed by atoms with van der Waals surface area (Å²) >= 11 is 12.1. The molecule has 0 fully saturated rings. The van der Waals surface area contributed by atoms with Crippen LogP contribution in [0.25, 0.3) is 0 Å². The maximum absolute atomic E-state index is 12.3. The largest absolute Gasteiger partial charge is 0.497 e. The molecule has 2 aromatic carbocycles. The number of hydrogen-bond acceptors (Lipinski definition) is 4. The molecule has 0 bridgehead atoms. The summed E-state index contributed by atoms with van der Waals surface area (Å²) in [5.41, 5.74) is 1.41. The van der Waals surface area contributed by atoms with Crippen LogP contribution >= 0.6 is 23.2 Å². The molecule has 0 aromatic heterocycles. The standard InChI is InChI=1S/C20H23Cl2N3O3/c1-13(17-8-7-14(21)9-18(17)22)23-19(26)11-25(2)12-20(27)24-15-5-4-6-16(10-15)28-3/h4-10,13H,11-12H2,1-3H3,(H,23,26)(H,24,27). The number of nitrogens with zero attached hydrogens (tertiary/aromatic N) is 1. The van der Waals surface area contributed by atoms with Gasteiger partial charge in [-0.15, -0.1) is 0 Å². The summed E-state index contributed by atoms with van der Waals surface area (Å²) < 4.78 is 5.13. The van der Waals surface area contributed by atoms with Crippen molar-refractivity contribution >= 4 is 40.7 Å². The first-order valence-electron chi connectivity index (χ1n) is 8.65. The number of benzene rings is 2. The van der Waals surface area contributed by atoms with Gasteiger partial charge in [0.25, 0.3) is 0 Å². The Bertz CT molecular complexity index is 845. The Morgan fingerprint density at radius 3 is 2.50 bits per heavy atom. The average Bonchev–Trinajstić information content (AvgIpc) is 2.61. The molecule has 0 heterocycles. The molecule has 1 unspecified atom stereocenters. The van der Waals surface area contributed by atoms with Crippen molar-refractivity contribution < 1.29 is 14.3 Å². The molecule has 0 aliphatic carbocycles. The highest BCUT2D eigenvalue weighted by molar-refractivity contribution is 6.35. The van der Waals surface area contributed by atoms with Crippen molar-refractivity contribution in [3.63, 3.8) is 0 Å². The van der Waals surface area contributed by atoms with Crippen LogP contribution in [0.4, 0.5) is 5.69 Å². The molecule has 8 heteroatoms. The van der Waals surface area contributed by atoms with Crippen LogP contribution in [0.2, 0.25) is 10.0 Å². The van der Waals surface area contributed by atoms with E-state index in [0.717, 1.165) is 5.56 Å². The van der Waals surface area contributed by atoms with E-state index in [1.807, 2.05) is 6.92 Å². The van der Waals surface area contributed by atoms with Gasteiger partial charge in [0.15, 0.2) is 0 Å². The number of methoxy groups -OCH3 is 1. The quantitative estimate of drug-likeness (QED) is 0.677. The van der Waals surface area contributed by atoms with Crippen molar-refractivity contribution in [3.05, 3.63) is 58.1 Å². The molecule has 2 rings (SSSR count). The topological polar surface area (TPSA) is 70.7 Å². The van der Waals surface area contributed by atoms with Crippen LogP contribution in [-0.4, -0.2) is 44.0 Å². The zero-order valence-electron chi connectivity index (χ0n) is 16.0. The van der Waals surface area contributed by atoms with Gasteiger partial charge in [0.05, 0.1) is 26.2 Å². The SMILES string of the molecule is COc1cccc(NC(=O)CN(C)CC(=O)NC(C)c2ccc(Cl)cc2Cl)c1. The first kappa shape index (κ1) is 22.0. The third-order valence-electron chi connectivity index (χ3n) is 3.99. The molecule has 150 valence electrons. The maximum atomic E-state index is 12.3. The summed E-state index contributed by atoms with van der Waals surface area (Å²) in [5.74, 6) is 0.216. The minimum Gasteiger partial charge on any atom is -0.497 e. The van der Waals surface area contributed by atoms with Crippen molar-refractivity contribution in [1.82, 2.24) is 10.2 Å². The van der Waals surface area contributed by atoms with Gasteiger partial charge < -0.3 is 15.4 Å². The molecule has 1 atom stereocenters. The number of amides is 2. The number of carbonyl (C=O) groups is 2. The summed E-state index contributed by atoms with van der Waals surface area (Å²) in [6, 6.07) is 11.9. The van der Waals surface area contributed by atoms with E-state index < -0.39 is 0 Å². The van der Waals surface area contributed by atoms with Gasteiger partial charge in [-0.3, -0.25) is 14.5 Å². The molecule has 0 saturated heterocycles. The fourth-order valence-corrected chi connectivity index (χ4v) is 3.24. The van der Waals surface area contributed by atoms with Gasteiger partial charge in [-0.2, -0.15) is 0 Å². The minimum atomic E-state index is -0.281. The van der Waals surface area contributed by atoms with Crippen molar-refractivity contribution in [2.75, 3.05) is 32.6 Å². The number of rotatable bonds is 8. The van der Waals surface area contributed by atoms with Gasteiger partial charge >= 0.3 is 0 Å². The molecule has 2 aromatic rings. The highest BCUT2D eigenvalue weighted by atomic mass is 35.5. The number of hydrogen-bond donors (Lipinski definition) is 2. The van der Waals surface area contributed by atoms with Crippen molar-refractivity contribution in [1.29, 1.82) is 0 Å². The Morgan fingerprint density at radius 1 is 1.11 bits per heavy atom. The summed E-state index contributed by atoms with van der Waals surface area (Å²) in [6.45, 7) is 1.98. The lowest BCUT2D eigenvalue weighted by Gasteiger charge is -2.19. The van der Waals surface area contributed by atoms with E-state index in [9.17, 15) is 9.59 Å². The number of nitrogens with one attached hydrogen (secondary N) is 2. The lowest BCUT2D eigenvalue weighted by atomic mass is 10.1. The highest BCUT2D eigenvalue weighted by Crippen LogP contribution is 2.26. The summed E-state index contributed by atoms with van der Waals surface area (Å²) in [7, 11) is 3.26. The smallest absolute Gasteiger partial charge is 0.238 e.